The van der Waals surface area contributed by atoms with E-state index in [2.05, 4.69) is 31.0 Å². The van der Waals surface area contributed by atoms with E-state index in [0.29, 0.717) is 22.5 Å². The number of hydrogen-bond acceptors (Lipinski definition) is 6. The molecule has 0 saturated heterocycles. The summed E-state index contributed by atoms with van der Waals surface area (Å²) in [5.41, 5.74) is 3.20. The van der Waals surface area contributed by atoms with Crippen molar-refractivity contribution in [2.24, 2.45) is 0 Å². The lowest BCUT2D eigenvalue weighted by atomic mass is 10.0. The van der Waals surface area contributed by atoms with Crippen LogP contribution in [0.4, 0.5) is 10.8 Å². The Morgan fingerprint density at radius 3 is 2.40 bits per heavy atom. The second-order valence-corrected chi connectivity index (χ2v) is 11.0. The molecule has 0 unspecified atom stereocenters. The van der Waals surface area contributed by atoms with E-state index in [1.165, 1.54) is 29.7 Å². The second-order valence-electron chi connectivity index (χ2n) is 7.50. The van der Waals surface area contributed by atoms with Crippen molar-refractivity contribution in [2.45, 2.75) is 4.90 Å². The maximum atomic E-state index is 13.3. The lowest BCUT2D eigenvalue weighted by Crippen LogP contribution is -2.14. The minimum absolute atomic E-state index is 0.0672. The third-order valence-electron chi connectivity index (χ3n) is 5.18. The number of fused-ring (bicyclic) bond motifs is 1. The highest BCUT2D eigenvalue weighted by Gasteiger charge is 2.17. The highest BCUT2D eigenvalue weighted by atomic mass is 79.9. The summed E-state index contributed by atoms with van der Waals surface area (Å²) in [4.78, 5) is 22.0. The first-order chi connectivity index (χ1) is 16.9. The van der Waals surface area contributed by atoms with Gasteiger partial charge in [-0.15, -0.1) is 11.3 Å². The zero-order valence-electron chi connectivity index (χ0n) is 18.0. The molecule has 3 aromatic carbocycles. The molecule has 5 rings (SSSR count). The molecule has 10 heteroatoms. The monoisotopic (exact) mass is 564 g/mol. The summed E-state index contributed by atoms with van der Waals surface area (Å²) in [7, 11) is -3.78. The Morgan fingerprint density at radius 1 is 0.943 bits per heavy atom. The number of halogens is 1. The van der Waals surface area contributed by atoms with E-state index in [9.17, 15) is 13.2 Å². The third kappa shape index (κ3) is 5.09. The third-order valence-corrected chi connectivity index (χ3v) is 7.88. The Hall–Kier alpha value is -3.60. The Bertz CT molecular complexity index is 1620. The van der Waals surface area contributed by atoms with Crippen molar-refractivity contribution in [3.63, 3.8) is 0 Å². The van der Waals surface area contributed by atoms with Gasteiger partial charge in [0.25, 0.3) is 15.9 Å². The largest absolute Gasteiger partial charge is 0.322 e. The van der Waals surface area contributed by atoms with E-state index in [4.69, 9.17) is 4.98 Å². The van der Waals surface area contributed by atoms with Crippen LogP contribution in [0, 0.1) is 0 Å². The van der Waals surface area contributed by atoms with Crippen LogP contribution in [0.25, 0.3) is 22.2 Å². The van der Waals surface area contributed by atoms with Gasteiger partial charge in [0.15, 0.2) is 5.13 Å². The SMILES string of the molecule is O=C(Nc1ccc(S(=O)(=O)Nc2nccs2)cc1)c1cc(-c2ccc(Br)cc2)nc2ccccc12. The lowest BCUT2D eigenvalue weighted by Gasteiger charge is -2.11. The van der Waals surface area contributed by atoms with E-state index < -0.39 is 10.0 Å². The average Bonchev–Trinajstić information content (AvgIpc) is 3.36. The van der Waals surface area contributed by atoms with Gasteiger partial charge in [0, 0.05) is 32.7 Å². The van der Waals surface area contributed by atoms with Crippen LogP contribution >= 0.6 is 27.3 Å². The summed E-state index contributed by atoms with van der Waals surface area (Å²) in [6, 6.07) is 22.9. The van der Waals surface area contributed by atoms with Gasteiger partial charge in [-0.25, -0.2) is 18.4 Å². The lowest BCUT2D eigenvalue weighted by molar-refractivity contribution is 0.102. The van der Waals surface area contributed by atoms with E-state index in [1.807, 2.05) is 48.5 Å². The molecule has 0 bridgehead atoms. The summed E-state index contributed by atoms with van der Waals surface area (Å²) in [5, 5.41) is 5.55. The Labute approximate surface area is 214 Å². The first-order valence-corrected chi connectivity index (χ1v) is 13.5. The fraction of sp³-hybridized carbons (Fsp3) is 0. The van der Waals surface area contributed by atoms with Crippen molar-refractivity contribution in [3.8, 4) is 11.3 Å². The summed E-state index contributed by atoms with van der Waals surface area (Å²) < 4.78 is 28.5. The summed E-state index contributed by atoms with van der Waals surface area (Å²) in [5.74, 6) is -0.321. The quantitative estimate of drug-likeness (QED) is 0.256. The Balaban J connectivity index is 1.43. The van der Waals surface area contributed by atoms with Crippen LogP contribution in [-0.4, -0.2) is 24.3 Å². The molecular formula is C25H17BrN4O3S2. The number of benzene rings is 3. The number of thiazole rings is 1. The number of aromatic nitrogens is 2. The number of para-hydroxylation sites is 1. The van der Waals surface area contributed by atoms with Gasteiger partial charge in [0.05, 0.1) is 21.7 Å². The van der Waals surface area contributed by atoms with Gasteiger partial charge in [-0.05, 0) is 48.5 Å². The minimum Gasteiger partial charge on any atom is -0.322 e. The molecule has 0 radical (unpaired) electrons. The molecule has 174 valence electrons. The van der Waals surface area contributed by atoms with Crippen LogP contribution in [-0.2, 0) is 10.0 Å². The maximum Gasteiger partial charge on any atom is 0.263 e. The van der Waals surface area contributed by atoms with Crippen LogP contribution in [0.2, 0.25) is 0 Å². The van der Waals surface area contributed by atoms with E-state index in [-0.39, 0.29) is 15.9 Å². The van der Waals surface area contributed by atoms with Gasteiger partial charge in [-0.2, -0.15) is 0 Å². The standard InChI is InChI=1S/C25H17BrN4O3S2/c26-17-7-5-16(6-8-17)23-15-21(20-3-1-2-4-22(20)29-23)24(31)28-18-9-11-19(12-10-18)35(32,33)30-25-27-13-14-34-25/h1-15H,(H,27,30)(H,28,31). The van der Waals surface area contributed by atoms with Crippen molar-refractivity contribution in [3.05, 3.63) is 100 Å². The van der Waals surface area contributed by atoms with Crippen molar-refractivity contribution < 1.29 is 13.2 Å². The number of carbonyl (C=O) groups excluding carboxylic acids is 1. The molecule has 2 aromatic heterocycles. The van der Waals surface area contributed by atoms with Crippen LogP contribution in [0.5, 0.6) is 0 Å². The van der Waals surface area contributed by atoms with Crippen molar-refractivity contribution in [1.29, 1.82) is 0 Å². The Kier molecular flexibility index (Phi) is 6.33. The zero-order valence-corrected chi connectivity index (χ0v) is 21.2. The number of pyridine rings is 1. The number of carbonyl (C=O) groups is 1. The highest BCUT2D eigenvalue weighted by Crippen LogP contribution is 2.27. The number of hydrogen-bond donors (Lipinski definition) is 2. The van der Waals surface area contributed by atoms with Gasteiger partial charge < -0.3 is 5.32 Å². The number of sulfonamides is 1. The van der Waals surface area contributed by atoms with Gasteiger partial charge >= 0.3 is 0 Å². The smallest absolute Gasteiger partial charge is 0.263 e. The Morgan fingerprint density at radius 2 is 1.69 bits per heavy atom. The molecular weight excluding hydrogens is 548 g/mol. The predicted octanol–water partition coefficient (Wildman–Crippen LogP) is 6.17. The van der Waals surface area contributed by atoms with Gasteiger partial charge in [0.1, 0.15) is 0 Å². The molecule has 2 N–H and O–H groups in total. The topological polar surface area (TPSA) is 101 Å². The molecule has 0 fully saturated rings. The molecule has 0 spiro atoms. The summed E-state index contributed by atoms with van der Waals surface area (Å²) >= 11 is 4.62. The van der Waals surface area contributed by atoms with Crippen LogP contribution in [0.1, 0.15) is 10.4 Å². The van der Waals surface area contributed by atoms with Crippen molar-refractivity contribution >= 4 is 64.9 Å². The zero-order chi connectivity index (χ0) is 24.4. The van der Waals surface area contributed by atoms with Gasteiger partial charge in [-0.3, -0.25) is 9.52 Å². The molecule has 0 atom stereocenters. The number of rotatable bonds is 6. The maximum absolute atomic E-state index is 13.3. The molecule has 35 heavy (non-hydrogen) atoms. The van der Waals surface area contributed by atoms with E-state index in [1.54, 1.807) is 23.6 Å². The second kappa shape index (κ2) is 9.57. The summed E-state index contributed by atoms with van der Waals surface area (Å²) in [6.45, 7) is 0. The van der Waals surface area contributed by atoms with Crippen molar-refractivity contribution in [2.75, 3.05) is 10.0 Å². The van der Waals surface area contributed by atoms with Crippen LogP contribution in [0.15, 0.2) is 99.8 Å². The molecule has 1 amide bonds. The number of amides is 1. The normalized spacial score (nSPS) is 11.3. The minimum atomic E-state index is -3.78. The fourth-order valence-electron chi connectivity index (χ4n) is 3.50. The molecule has 7 nitrogen and oxygen atoms in total. The molecule has 0 aliphatic heterocycles. The number of anilines is 2. The highest BCUT2D eigenvalue weighted by molar-refractivity contribution is 9.10. The van der Waals surface area contributed by atoms with E-state index in [0.717, 1.165) is 15.4 Å². The predicted molar refractivity (Wildman–Crippen MR) is 142 cm³/mol. The van der Waals surface area contributed by atoms with E-state index >= 15 is 0 Å². The van der Waals surface area contributed by atoms with Gasteiger partial charge in [0.2, 0.25) is 0 Å². The first-order valence-electron chi connectivity index (χ1n) is 10.4. The molecule has 0 saturated carbocycles. The molecule has 0 aliphatic rings. The molecule has 5 aromatic rings. The van der Waals surface area contributed by atoms with Crippen LogP contribution < -0.4 is 10.0 Å². The number of nitrogens with zero attached hydrogens (tertiary/aromatic N) is 2. The van der Waals surface area contributed by atoms with Gasteiger partial charge in [-0.1, -0.05) is 46.3 Å². The van der Waals surface area contributed by atoms with Crippen molar-refractivity contribution in [1.82, 2.24) is 9.97 Å². The molecule has 0 aliphatic carbocycles. The average molecular weight is 565 g/mol. The van der Waals surface area contributed by atoms with Crippen LogP contribution in [0.3, 0.4) is 0 Å². The number of nitrogens with one attached hydrogen (secondary N) is 2. The fourth-order valence-corrected chi connectivity index (χ4v) is 5.55. The summed E-state index contributed by atoms with van der Waals surface area (Å²) in [6.07, 6.45) is 1.52. The first kappa shape index (κ1) is 23.2. The molecule has 2 heterocycles.